The van der Waals surface area contributed by atoms with E-state index in [1.807, 2.05) is 19.6 Å². The van der Waals surface area contributed by atoms with Gasteiger partial charge in [-0.15, -0.1) is 0 Å². The molecule has 0 amide bonds. The van der Waals surface area contributed by atoms with E-state index in [1.165, 1.54) is 6.20 Å². The minimum Gasteiger partial charge on any atom is -0.541 e. The first-order chi connectivity index (χ1) is 5.49. The third-order valence-corrected chi connectivity index (χ3v) is 1.97. The van der Waals surface area contributed by atoms with Crippen molar-refractivity contribution >= 4 is 8.32 Å². The van der Waals surface area contributed by atoms with E-state index in [0.29, 0.717) is 0 Å². The lowest BCUT2D eigenvalue weighted by Gasteiger charge is -2.18. The third-order valence-electron chi connectivity index (χ3n) is 1.14. The molecule has 1 aromatic heterocycles. The summed E-state index contributed by atoms with van der Waals surface area (Å²) in [5, 5.41) is 0. The monoisotopic (exact) mass is 185 g/mol. The van der Waals surface area contributed by atoms with Crippen LogP contribution in [0, 0.1) is 5.95 Å². The molecule has 1 rings (SSSR count). The van der Waals surface area contributed by atoms with Gasteiger partial charge in [0.1, 0.15) is 0 Å². The van der Waals surface area contributed by atoms with Crippen molar-refractivity contribution in [3.63, 3.8) is 0 Å². The Kier molecular flexibility index (Phi) is 2.47. The summed E-state index contributed by atoms with van der Waals surface area (Å²) in [5.74, 6) is -0.267. The number of halogens is 1. The van der Waals surface area contributed by atoms with E-state index in [4.69, 9.17) is 4.43 Å². The van der Waals surface area contributed by atoms with Crippen molar-refractivity contribution in [2.45, 2.75) is 19.6 Å². The Labute approximate surface area is 72.5 Å². The lowest BCUT2D eigenvalue weighted by atomic mass is 10.5. The number of pyridine rings is 1. The molecule has 0 aromatic carbocycles. The van der Waals surface area contributed by atoms with Crippen LogP contribution in [-0.2, 0) is 0 Å². The second kappa shape index (κ2) is 3.22. The fraction of sp³-hybridized carbons (Fsp3) is 0.375. The molecule has 0 radical (unpaired) electrons. The summed E-state index contributed by atoms with van der Waals surface area (Å²) < 4.78 is 18.3. The first kappa shape index (κ1) is 9.19. The molecule has 0 N–H and O–H groups in total. The number of rotatable bonds is 2. The summed E-state index contributed by atoms with van der Waals surface area (Å²) in [6.45, 7) is 6.00. The van der Waals surface area contributed by atoms with Crippen molar-refractivity contribution < 1.29 is 8.82 Å². The molecule has 0 saturated heterocycles. The lowest BCUT2D eigenvalue weighted by Crippen LogP contribution is -2.29. The van der Waals surface area contributed by atoms with Gasteiger partial charge in [-0.25, -0.2) is 4.98 Å². The Morgan fingerprint density at radius 3 is 2.58 bits per heavy atom. The van der Waals surface area contributed by atoms with Crippen LogP contribution < -0.4 is 4.43 Å². The average Bonchev–Trinajstić information content (AvgIpc) is 1.91. The first-order valence-corrected chi connectivity index (χ1v) is 7.19. The van der Waals surface area contributed by atoms with Crippen LogP contribution in [0.1, 0.15) is 0 Å². The van der Waals surface area contributed by atoms with Gasteiger partial charge < -0.3 is 4.43 Å². The Morgan fingerprint density at radius 2 is 2.08 bits per heavy atom. The van der Waals surface area contributed by atoms with E-state index in [1.54, 1.807) is 12.1 Å². The molecule has 0 aliphatic heterocycles. The summed E-state index contributed by atoms with van der Waals surface area (Å²) in [7, 11) is -1.71. The van der Waals surface area contributed by atoms with Gasteiger partial charge in [0, 0.05) is 6.20 Å². The fourth-order valence-corrected chi connectivity index (χ4v) is 1.59. The Bertz CT molecular complexity index is 272. The molecular formula is C8H12FNOSi. The second-order valence-corrected chi connectivity index (χ2v) is 7.94. The van der Waals surface area contributed by atoms with Crippen molar-refractivity contribution in [3.8, 4) is 5.75 Å². The topological polar surface area (TPSA) is 22.1 Å². The second-order valence-electron chi connectivity index (χ2n) is 3.51. The van der Waals surface area contributed by atoms with E-state index in [0.717, 1.165) is 0 Å². The molecule has 0 bridgehead atoms. The molecule has 66 valence electrons. The SMILES string of the molecule is C[Si](C)(C)Oc1cccnc1F. The third kappa shape index (κ3) is 2.62. The molecule has 1 heterocycles. The number of nitrogens with zero attached hydrogens (tertiary/aromatic N) is 1. The quantitative estimate of drug-likeness (QED) is 0.521. The van der Waals surface area contributed by atoms with E-state index < -0.39 is 14.3 Å². The normalized spacial score (nSPS) is 11.3. The predicted octanol–water partition coefficient (Wildman–Crippen LogP) is 2.43. The Morgan fingerprint density at radius 1 is 1.42 bits per heavy atom. The fourth-order valence-electron chi connectivity index (χ4n) is 0.777. The molecule has 0 spiro atoms. The minimum absolute atomic E-state index is 0.261. The van der Waals surface area contributed by atoms with Crippen LogP contribution >= 0.6 is 0 Å². The standard InChI is InChI=1S/C8H12FNOSi/c1-12(2,3)11-7-5-4-6-10-8(7)9/h4-6H,1-3H3. The highest BCUT2D eigenvalue weighted by molar-refractivity contribution is 6.70. The van der Waals surface area contributed by atoms with Crippen LogP contribution in [0.15, 0.2) is 18.3 Å². The van der Waals surface area contributed by atoms with Gasteiger partial charge in [0.05, 0.1) is 0 Å². The van der Waals surface area contributed by atoms with Crippen LogP contribution in [0.2, 0.25) is 19.6 Å². The molecule has 0 atom stereocenters. The van der Waals surface area contributed by atoms with Gasteiger partial charge in [-0.05, 0) is 31.8 Å². The van der Waals surface area contributed by atoms with Gasteiger partial charge >= 0.3 is 0 Å². The van der Waals surface area contributed by atoms with Gasteiger partial charge in [-0.2, -0.15) is 4.39 Å². The van der Waals surface area contributed by atoms with Gasteiger partial charge in [0.15, 0.2) is 5.75 Å². The molecule has 12 heavy (non-hydrogen) atoms. The largest absolute Gasteiger partial charge is 0.541 e. The highest BCUT2D eigenvalue weighted by atomic mass is 28.4. The molecule has 0 fully saturated rings. The van der Waals surface area contributed by atoms with Crippen molar-refractivity contribution in [1.29, 1.82) is 0 Å². The summed E-state index contributed by atoms with van der Waals surface area (Å²) >= 11 is 0. The Hall–Kier alpha value is -0.903. The van der Waals surface area contributed by atoms with E-state index in [2.05, 4.69) is 4.98 Å². The van der Waals surface area contributed by atoms with Crippen LogP contribution in [0.5, 0.6) is 5.75 Å². The zero-order valence-corrected chi connectivity index (χ0v) is 8.47. The molecule has 0 unspecified atom stereocenters. The van der Waals surface area contributed by atoms with E-state index in [9.17, 15) is 4.39 Å². The molecule has 1 aromatic rings. The number of hydrogen-bond acceptors (Lipinski definition) is 2. The van der Waals surface area contributed by atoms with Gasteiger partial charge in [-0.3, -0.25) is 0 Å². The van der Waals surface area contributed by atoms with Crippen molar-refractivity contribution in [1.82, 2.24) is 4.98 Å². The van der Waals surface area contributed by atoms with Crippen molar-refractivity contribution in [3.05, 3.63) is 24.3 Å². The van der Waals surface area contributed by atoms with Gasteiger partial charge in [-0.1, -0.05) is 0 Å². The van der Waals surface area contributed by atoms with E-state index in [-0.39, 0.29) is 5.75 Å². The number of hydrogen-bond donors (Lipinski definition) is 0. The first-order valence-electron chi connectivity index (χ1n) is 3.78. The summed E-state index contributed by atoms with van der Waals surface area (Å²) in [6.07, 6.45) is 1.41. The summed E-state index contributed by atoms with van der Waals surface area (Å²) in [5.41, 5.74) is 0. The predicted molar refractivity (Wildman–Crippen MR) is 48.2 cm³/mol. The van der Waals surface area contributed by atoms with Crippen LogP contribution in [0.25, 0.3) is 0 Å². The molecule has 0 aliphatic carbocycles. The number of aromatic nitrogens is 1. The molecule has 0 saturated carbocycles. The smallest absolute Gasteiger partial charge is 0.253 e. The molecule has 2 nitrogen and oxygen atoms in total. The maximum Gasteiger partial charge on any atom is 0.253 e. The van der Waals surface area contributed by atoms with E-state index >= 15 is 0 Å². The van der Waals surface area contributed by atoms with Crippen LogP contribution in [-0.4, -0.2) is 13.3 Å². The van der Waals surface area contributed by atoms with Crippen molar-refractivity contribution in [2.24, 2.45) is 0 Å². The highest BCUT2D eigenvalue weighted by Gasteiger charge is 2.18. The average molecular weight is 185 g/mol. The summed E-state index contributed by atoms with van der Waals surface area (Å²) in [6, 6.07) is 3.26. The van der Waals surface area contributed by atoms with Gasteiger partial charge in [0.2, 0.25) is 8.32 Å². The highest BCUT2D eigenvalue weighted by Crippen LogP contribution is 2.17. The zero-order valence-electron chi connectivity index (χ0n) is 7.47. The maximum absolute atomic E-state index is 12.9. The maximum atomic E-state index is 12.9. The molecule has 4 heteroatoms. The Balaban J connectivity index is 2.83. The summed E-state index contributed by atoms with van der Waals surface area (Å²) in [4.78, 5) is 3.49. The van der Waals surface area contributed by atoms with Gasteiger partial charge in [0.25, 0.3) is 5.95 Å². The lowest BCUT2D eigenvalue weighted by molar-refractivity contribution is 0.475. The molecule has 0 aliphatic rings. The van der Waals surface area contributed by atoms with Crippen LogP contribution in [0.4, 0.5) is 4.39 Å². The molecular weight excluding hydrogens is 173 g/mol. The minimum atomic E-state index is -1.71. The zero-order chi connectivity index (χ0) is 9.19. The van der Waals surface area contributed by atoms with Crippen LogP contribution in [0.3, 0.4) is 0 Å². The van der Waals surface area contributed by atoms with Crippen molar-refractivity contribution in [2.75, 3.05) is 0 Å².